The highest BCUT2D eigenvalue weighted by Crippen LogP contribution is 2.00. The Balaban J connectivity index is 2.06. The SMILES string of the molecule is CC(O)CNC(=O)CCOCc1ccccc1. The number of ether oxygens (including phenoxy) is 1. The van der Waals surface area contributed by atoms with Crippen molar-refractivity contribution in [3.8, 4) is 0 Å². The summed E-state index contributed by atoms with van der Waals surface area (Å²) >= 11 is 0. The molecule has 1 amide bonds. The van der Waals surface area contributed by atoms with Crippen LogP contribution in [0, 0.1) is 0 Å². The lowest BCUT2D eigenvalue weighted by atomic mass is 10.2. The highest BCUT2D eigenvalue weighted by Gasteiger charge is 2.02. The number of nitrogens with one attached hydrogen (secondary N) is 1. The number of carbonyl (C=O) groups is 1. The summed E-state index contributed by atoms with van der Waals surface area (Å²) in [5, 5.41) is 11.6. The van der Waals surface area contributed by atoms with Crippen molar-refractivity contribution in [2.75, 3.05) is 13.2 Å². The zero-order valence-electron chi connectivity index (χ0n) is 10.1. The molecular weight excluding hydrogens is 218 g/mol. The van der Waals surface area contributed by atoms with E-state index in [1.807, 2.05) is 30.3 Å². The van der Waals surface area contributed by atoms with Crippen LogP contribution in [0.2, 0.25) is 0 Å². The molecule has 0 spiro atoms. The molecule has 0 bridgehead atoms. The monoisotopic (exact) mass is 237 g/mol. The first kappa shape index (κ1) is 13.7. The molecule has 1 rings (SSSR count). The summed E-state index contributed by atoms with van der Waals surface area (Å²) in [5.41, 5.74) is 1.09. The summed E-state index contributed by atoms with van der Waals surface area (Å²) in [5.74, 6) is -0.0982. The molecular formula is C13H19NO3. The number of aliphatic hydroxyl groups excluding tert-OH is 1. The van der Waals surface area contributed by atoms with Gasteiger partial charge in [0.25, 0.3) is 0 Å². The minimum atomic E-state index is -0.510. The second-order valence-corrected chi connectivity index (χ2v) is 3.94. The van der Waals surface area contributed by atoms with Crippen molar-refractivity contribution < 1.29 is 14.6 Å². The Hall–Kier alpha value is -1.39. The van der Waals surface area contributed by atoms with Crippen molar-refractivity contribution in [3.63, 3.8) is 0 Å². The summed E-state index contributed by atoms with van der Waals surface area (Å²) in [4.78, 5) is 11.3. The van der Waals surface area contributed by atoms with Crippen LogP contribution >= 0.6 is 0 Å². The first-order valence-electron chi connectivity index (χ1n) is 5.75. The molecule has 1 aromatic rings. The maximum absolute atomic E-state index is 11.3. The molecule has 0 saturated carbocycles. The van der Waals surface area contributed by atoms with Crippen LogP contribution in [-0.4, -0.2) is 30.3 Å². The maximum Gasteiger partial charge on any atom is 0.222 e. The summed E-state index contributed by atoms with van der Waals surface area (Å²) in [6.07, 6.45) is -0.191. The smallest absolute Gasteiger partial charge is 0.222 e. The van der Waals surface area contributed by atoms with Gasteiger partial charge in [-0.15, -0.1) is 0 Å². The second kappa shape index (κ2) is 7.81. The number of hydrogen-bond donors (Lipinski definition) is 2. The van der Waals surface area contributed by atoms with Crippen LogP contribution in [0.25, 0.3) is 0 Å². The van der Waals surface area contributed by atoms with Crippen molar-refractivity contribution in [1.29, 1.82) is 0 Å². The Morgan fingerprint density at radius 2 is 2.12 bits per heavy atom. The molecule has 0 radical (unpaired) electrons. The highest BCUT2D eigenvalue weighted by molar-refractivity contribution is 5.75. The Morgan fingerprint density at radius 3 is 2.76 bits per heavy atom. The molecule has 4 heteroatoms. The maximum atomic E-state index is 11.3. The Kier molecular flexibility index (Phi) is 6.29. The molecule has 0 fully saturated rings. The minimum absolute atomic E-state index is 0.0982. The van der Waals surface area contributed by atoms with Crippen LogP contribution in [0.4, 0.5) is 0 Å². The van der Waals surface area contributed by atoms with E-state index in [0.717, 1.165) is 5.56 Å². The van der Waals surface area contributed by atoms with Gasteiger partial charge in [0, 0.05) is 13.0 Å². The van der Waals surface area contributed by atoms with E-state index < -0.39 is 6.10 Å². The first-order valence-corrected chi connectivity index (χ1v) is 5.75. The Bertz CT molecular complexity index is 325. The lowest BCUT2D eigenvalue weighted by Crippen LogP contribution is -2.31. The first-order chi connectivity index (χ1) is 8.18. The van der Waals surface area contributed by atoms with Crippen molar-refractivity contribution in [2.45, 2.75) is 26.1 Å². The quantitative estimate of drug-likeness (QED) is 0.698. The van der Waals surface area contributed by atoms with Gasteiger partial charge in [0.15, 0.2) is 0 Å². The number of carbonyl (C=O) groups excluding carboxylic acids is 1. The van der Waals surface area contributed by atoms with Gasteiger partial charge >= 0.3 is 0 Å². The zero-order chi connectivity index (χ0) is 12.5. The lowest BCUT2D eigenvalue weighted by Gasteiger charge is -2.07. The predicted octanol–water partition coefficient (Wildman–Crippen LogP) is 1.09. The van der Waals surface area contributed by atoms with Crippen molar-refractivity contribution in [2.24, 2.45) is 0 Å². The number of benzene rings is 1. The summed E-state index contributed by atoms with van der Waals surface area (Å²) in [7, 11) is 0. The summed E-state index contributed by atoms with van der Waals surface area (Å²) in [6, 6.07) is 9.82. The third-order valence-electron chi connectivity index (χ3n) is 2.18. The van der Waals surface area contributed by atoms with Gasteiger partial charge in [-0.05, 0) is 12.5 Å². The van der Waals surface area contributed by atoms with Crippen LogP contribution in [0.3, 0.4) is 0 Å². The molecule has 4 nitrogen and oxygen atoms in total. The molecule has 1 atom stereocenters. The molecule has 1 unspecified atom stereocenters. The molecule has 0 aromatic heterocycles. The van der Waals surface area contributed by atoms with Gasteiger partial charge in [0.05, 0.1) is 19.3 Å². The van der Waals surface area contributed by atoms with Gasteiger partial charge in [-0.25, -0.2) is 0 Å². The zero-order valence-corrected chi connectivity index (χ0v) is 10.1. The fourth-order valence-electron chi connectivity index (χ4n) is 1.28. The third-order valence-corrected chi connectivity index (χ3v) is 2.18. The summed E-state index contributed by atoms with van der Waals surface area (Å²) in [6.45, 7) is 2.83. The molecule has 17 heavy (non-hydrogen) atoms. The number of aliphatic hydroxyl groups is 1. The minimum Gasteiger partial charge on any atom is -0.392 e. The van der Waals surface area contributed by atoms with Crippen LogP contribution in [0.1, 0.15) is 18.9 Å². The molecule has 0 aliphatic carbocycles. The van der Waals surface area contributed by atoms with E-state index in [2.05, 4.69) is 5.32 Å². The average molecular weight is 237 g/mol. The van der Waals surface area contributed by atoms with Crippen molar-refractivity contribution >= 4 is 5.91 Å². The fraction of sp³-hybridized carbons (Fsp3) is 0.462. The van der Waals surface area contributed by atoms with Gasteiger partial charge < -0.3 is 15.2 Å². The molecule has 1 aromatic carbocycles. The number of rotatable bonds is 7. The molecule has 0 saturated heterocycles. The predicted molar refractivity (Wildman–Crippen MR) is 65.4 cm³/mol. The lowest BCUT2D eigenvalue weighted by molar-refractivity contribution is -0.122. The summed E-state index contributed by atoms with van der Waals surface area (Å²) < 4.78 is 5.37. The largest absolute Gasteiger partial charge is 0.392 e. The number of hydrogen-bond acceptors (Lipinski definition) is 3. The number of amides is 1. The van der Waals surface area contributed by atoms with E-state index in [9.17, 15) is 4.79 Å². The van der Waals surface area contributed by atoms with Crippen LogP contribution < -0.4 is 5.32 Å². The van der Waals surface area contributed by atoms with Gasteiger partial charge in [-0.1, -0.05) is 30.3 Å². The normalized spacial score (nSPS) is 12.1. The van der Waals surface area contributed by atoms with E-state index in [4.69, 9.17) is 9.84 Å². The van der Waals surface area contributed by atoms with E-state index in [1.54, 1.807) is 6.92 Å². The highest BCUT2D eigenvalue weighted by atomic mass is 16.5. The standard InChI is InChI=1S/C13H19NO3/c1-11(15)9-14-13(16)7-8-17-10-12-5-3-2-4-6-12/h2-6,11,15H,7-10H2,1H3,(H,14,16). The molecule has 0 aliphatic rings. The fourth-order valence-corrected chi connectivity index (χ4v) is 1.28. The molecule has 0 aliphatic heterocycles. The van der Waals surface area contributed by atoms with Crippen molar-refractivity contribution in [1.82, 2.24) is 5.32 Å². The van der Waals surface area contributed by atoms with E-state index in [-0.39, 0.29) is 12.5 Å². The molecule has 2 N–H and O–H groups in total. The van der Waals surface area contributed by atoms with Crippen LogP contribution in [-0.2, 0) is 16.1 Å². The second-order valence-electron chi connectivity index (χ2n) is 3.94. The molecule has 0 heterocycles. The van der Waals surface area contributed by atoms with Gasteiger partial charge in [0.2, 0.25) is 5.91 Å². The molecule has 94 valence electrons. The van der Waals surface area contributed by atoms with E-state index in [0.29, 0.717) is 19.6 Å². The Morgan fingerprint density at radius 1 is 1.41 bits per heavy atom. The topological polar surface area (TPSA) is 58.6 Å². The third kappa shape index (κ3) is 6.71. The van der Waals surface area contributed by atoms with Gasteiger partial charge in [-0.2, -0.15) is 0 Å². The van der Waals surface area contributed by atoms with Crippen LogP contribution in [0.5, 0.6) is 0 Å². The van der Waals surface area contributed by atoms with Gasteiger partial charge in [-0.3, -0.25) is 4.79 Å². The van der Waals surface area contributed by atoms with Crippen molar-refractivity contribution in [3.05, 3.63) is 35.9 Å². The van der Waals surface area contributed by atoms with E-state index >= 15 is 0 Å². The average Bonchev–Trinajstić information content (AvgIpc) is 2.33. The Labute approximate surface area is 102 Å². The van der Waals surface area contributed by atoms with Crippen LogP contribution in [0.15, 0.2) is 30.3 Å². The van der Waals surface area contributed by atoms with E-state index in [1.165, 1.54) is 0 Å². The van der Waals surface area contributed by atoms with Gasteiger partial charge in [0.1, 0.15) is 0 Å².